The third-order valence-corrected chi connectivity index (χ3v) is 3.61. The number of halogens is 3. The van der Waals surface area contributed by atoms with Crippen molar-refractivity contribution in [2.24, 2.45) is 0 Å². The van der Waals surface area contributed by atoms with E-state index in [2.05, 4.69) is 11.4 Å². The summed E-state index contributed by atoms with van der Waals surface area (Å²) < 4.78 is 0. The maximum absolute atomic E-state index is 9.22. The monoisotopic (exact) mass is 317 g/mol. The molecule has 1 aromatic rings. The normalized spacial score (nSPS) is 22.2. The number of aryl methyl sites for hydroxylation is 1. The van der Waals surface area contributed by atoms with Crippen molar-refractivity contribution in [1.29, 1.82) is 5.26 Å². The molecule has 7 heteroatoms. The number of hydroxylamine groups is 2. The van der Waals surface area contributed by atoms with Gasteiger partial charge in [0.1, 0.15) is 11.2 Å². The molecule has 1 aromatic carbocycles. The van der Waals surface area contributed by atoms with Crippen LogP contribution in [0.25, 0.3) is 0 Å². The van der Waals surface area contributed by atoms with Crippen LogP contribution in [0.1, 0.15) is 12.5 Å². The van der Waals surface area contributed by atoms with Gasteiger partial charge < -0.3 is 10.2 Å². The summed E-state index contributed by atoms with van der Waals surface area (Å²) in [7, 11) is 0. The molecule has 1 aliphatic heterocycles. The maximum Gasteiger partial charge on any atom is 0.232 e. The van der Waals surface area contributed by atoms with Gasteiger partial charge in [0.25, 0.3) is 0 Å². The highest BCUT2D eigenvalue weighted by Crippen LogP contribution is 2.34. The van der Waals surface area contributed by atoms with E-state index in [0.29, 0.717) is 10.8 Å². The number of rotatable bonds is 2. The molecule has 0 saturated heterocycles. The van der Waals surface area contributed by atoms with Gasteiger partial charge in [0.15, 0.2) is 10.9 Å². The van der Waals surface area contributed by atoms with Crippen molar-refractivity contribution >= 4 is 34.8 Å². The molecule has 0 aromatic heterocycles. The quantitative estimate of drug-likeness (QED) is 0.845. The van der Waals surface area contributed by atoms with E-state index in [0.717, 1.165) is 5.56 Å². The summed E-state index contributed by atoms with van der Waals surface area (Å²) in [4.78, 5) is 5.67. The van der Waals surface area contributed by atoms with Crippen LogP contribution in [0.4, 0.5) is 0 Å². The summed E-state index contributed by atoms with van der Waals surface area (Å²) in [5, 5.41) is 14.1. The van der Waals surface area contributed by atoms with Gasteiger partial charge in [0, 0.05) is 5.02 Å². The van der Waals surface area contributed by atoms with Gasteiger partial charge in [-0.2, -0.15) is 10.3 Å². The highest BCUT2D eigenvalue weighted by molar-refractivity contribution is 6.39. The minimum Gasteiger partial charge on any atom is -0.375 e. The summed E-state index contributed by atoms with van der Waals surface area (Å²) in [5.41, 5.74) is -0.347. The van der Waals surface area contributed by atoms with Gasteiger partial charge in [-0.05, 0) is 37.6 Å². The Bertz CT molecular complexity index is 596. The fourth-order valence-corrected chi connectivity index (χ4v) is 2.36. The number of nitrogens with one attached hydrogen (secondary N) is 1. The van der Waals surface area contributed by atoms with Crippen molar-refractivity contribution in [1.82, 2.24) is 10.4 Å². The molecule has 2 rings (SSSR count). The maximum atomic E-state index is 9.22. The molecule has 0 amide bonds. The second kappa shape index (κ2) is 5.01. The zero-order valence-electron chi connectivity index (χ0n) is 10.2. The smallest absolute Gasteiger partial charge is 0.232 e. The molecule has 1 unspecified atom stereocenters. The lowest BCUT2D eigenvalue weighted by Crippen LogP contribution is -2.50. The highest BCUT2D eigenvalue weighted by atomic mass is 35.5. The summed E-state index contributed by atoms with van der Waals surface area (Å²) in [6, 6.07) is 7.20. The van der Waals surface area contributed by atoms with E-state index in [1.54, 1.807) is 25.1 Å². The van der Waals surface area contributed by atoms with E-state index >= 15 is 0 Å². The van der Waals surface area contributed by atoms with E-state index in [4.69, 9.17) is 39.6 Å². The largest absolute Gasteiger partial charge is 0.375 e. The number of hydrogen-bond donors (Lipinski definition) is 1. The fourth-order valence-electron chi connectivity index (χ4n) is 1.62. The fraction of sp³-hybridized carbons (Fsp3) is 0.250. The second-order valence-corrected chi connectivity index (χ2v) is 5.38. The Kier molecular flexibility index (Phi) is 3.73. The van der Waals surface area contributed by atoms with Gasteiger partial charge >= 0.3 is 0 Å². The predicted molar refractivity (Wildman–Crippen MR) is 74.5 cm³/mol. The Morgan fingerprint density at radius 3 is 2.63 bits per heavy atom. The van der Waals surface area contributed by atoms with Crippen LogP contribution in [0.15, 0.2) is 28.5 Å². The van der Waals surface area contributed by atoms with Crippen molar-refractivity contribution in [2.45, 2.75) is 19.5 Å². The Morgan fingerprint density at radius 1 is 1.37 bits per heavy atom. The molecule has 0 fully saturated rings. The number of hydrogen-bond acceptors (Lipinski definition) is 4. The lowest BCUT2D eigenvalue weighted by Gasteiger charge is -2.30. The minimum atomic E-state index is -1.17. The molecule has 100 valence electrons. The van der Waals surface area contributed by atoms with E-state index < -0.39 is 5.66 Å². The van der Waals surface area contributed by atoms with Crippen molar-refractivity contribution in [3.05, 3.63) is 39.1 Å². The predicted octanol–water partition coefficient (Wildman–Crippen LogP) is 3.69. The highest BCUT2D eigenvalue weighted by Gasteiger charge is 2.43. The van der Waals surface area contributed by atoms with Crippen LogP contribution in [-0.2, 0) is 0 Å². The average molecular weight is 319 g/mol. The van der Waals surface area contributed by atoms with Crippen LogP contribution in [0.3, 0.4) is 0 Å². The van der Waals surface area contributed by atoms with Crippen LogP contribution < -0.4 is 10.2 Å². The Labute approximate surface area is 126 Å². The van der Waals surface area contributed by atoms with Crippen LogP contribution in [0.2, 0.25) is 5.02 Å². The molecule has 0 saturated carbocycles. The Hall–Kier alpha value is -1.28. The molecular formula is C12H10Cl3N3O. The molecule has 4 nitrogen and oxygen atoms in total. The minimum absolute atomic E-state index is 0.125. The first-order valence-electron chi connectivity index (χ1n) is 5.36. The summed E-state index contributed by atoms with van der Waals surface area (Å²) in [6.07, 6.45) is 0. The Morgan fingerprint density at radius 2 is 2.05 bits per heavy atom. The van der Waals surface area contributed by atoms with Gasteiger partial charge in [0.05, 0.1) is 0 Å². The molecular weight excluding hydrogens is 309 g/mol. The number of nitriles is 1. The number of benzene rings is 1. The molecule has 1 N–H and O–H groups in total. The van der Waals surface area contributed by atoms with E-state index in [9.17, 15) is 5.26 Å². The van der Waals surface area contributed by atoms with E-state index in [-0.39, 0.29) is 10.3 Å². The van der Waals surface area contributed by atoms with Gasteiger partial charge in [-0.25, -0.2) is 0 Å². The van der Waals surface area contributed by atoms with Crippen molar-refractivity contribution in [2.75, 3.05) is 0 Å². The standard InChI is InChI=1S/C12H10Cl3N3O/c1-7-5-8(13)3-4-9(7)19-18-11(15)10(14)17-12(18,2)6-16/h3-5,17H,1-2H3. The van der Waals surface area contributed by atoms with E-state index in [1.165, 1.54) is 5.06 Å². The molecule has 19 heavy (non-hydrogen) atoms. The molecule has 1 atom stereocenters. The number of nitrogens with zero attached hydrogens (tertiary/aromatic N) is 2. The Balaban J connectivity index is 2.34. The molecule has 1 aliphatic rings. The molecule has 0 aliphatic carbocycles. The zero-order chi connectivity index (χ0) is 14.2. The zero-order valence-corrected chi connectivity index (χ0v) is 12.4. The first-order valence-corrected chi connectivity index (χ1v) is 6.50. The van der Waals surface area contributed by atoms with Crippen LogP contribution in [-0.4, -0.2) is 10.7 Å². The van der Waals surface area contributed by atoms with Crippen molar-refractivity contribution in [3.8, 4) is 11.8 Å². The molecule has 0 radical (unpaired) electrons. The van der Waals surface area contributed by atoms with Crippen molar-refractivity contribution < 1.29 is 4.84 Å². The van der Waals surface area contributed by atoms with Gasteiger partial charge in [-0.3, -0.25) is 0 Å². The van der Waals surface area contributed by atoms with Crippen molar-refractivity contribution in [3.63, 3.8) is 0 Å². The SMILES string of the molecule is Cc1cc(Cl)ccc1ON1C(Cl)=C(Cl)NC1(C)C#N. The average Bonchev–Trinajstić information content (AvgIpc) is 2.56. The summed E-state index contributed by atoms with van der Waals surface area (Å²) >= 11 is 17.8. The topological polar surface area (TPSA) is 48.3 Å². The first-order chi connectivity index (χ1) is 8.87. The van der Waals surface area contributed by atoms with Gasteiger partial charge in [-0.1, -0.05) is 34.8 Å². The third-order valence-electron chi connectivity index (χ3n) is 2.66. The van der Waals surface area contributed by atoms with Gasteiger partial charge in [-0.15, -0.1) is 0 Å². The van der Waals surface area contributed by atoms with Crippen LogP contribution in [0.5, 0.6) is 5.75 Å². The lowest BCUT2D eigenvalue weighted by molar-refractivity contribution is -0.0721. The molecule has 0 spiro atoms. The molecule has 0 bridgehead atoms. The van der Waals surface area contributed by atoms with Crippen LogP contribution >= 0.6 is 34.8 Å². The third kappa shape index (κ3) is 2.55. The summed E-state index contributed by atoms with van der Waals surface area (Å²) in [6.45, 7) is 3.45. The first kappa shape index (κ1) is 14.1. The van der Waals surface area contributed by atoms with Crippen LogP contribution in [0, 0.1) is 18.3 Å². The van der Waals surface area contributed by atoms with Gasteiger partial charge in [0.2, 0.25) is 5.66 Å². The van der Waals surface area contributed by atoms with E-state index in [1.807, 2.05) is 6.92 Å². The lowest BCUT2D eigenvalue weighted by atomic mass is 10.2. The summed E-state index contributed by atoms with van der Waals surface area (Å²) in [5.74, 6) is 0.539. The second-order valence-electron chi connectivity index (χ2n) is 4.21. The molecule has 1 heterocycles.